The predicted octanol–water partition coefficient (Wildman–Crippen LogP) is -1.60. The van der Waals surface area contributed by atoms with Crippen molar-refractivity contribution in [3.8, 4) is 0 Å². The van der Waals surface area contributed by atoms with Gasteiger partial charge in [0.05, 0.1) is 0 Å². The molecule has 0 N–H and O–H groups in total. The van der Waals surface area contributed by atoms with Crippen LogP contribution in [0.4, 0.5) is 0 Å². The largest absolute Gasteiger partial charge is 1.00 e. The van der Waals surface area contributed by atoms with E-state index in [0.717, 1.165) is 0 Å². The summed E-state index contributed by atoms with van der Waals surface area (Å²) in [5.41, 5.74) is 0. The van der Waals surface area contributed by atoms with E-state index < -0.39 is 0 Å². The van der Waals surface area contributed by atoms with E-state index in [2.05, 4.69) is 19.2 Å². The van der Waals surface area contributed by atoms with Gasteiger partial charge in [-0.15, -0.1) is 6.04 Å². The topological polar surface area (TPSA) is 14.1 Å². The first-order valence-electron chi connectivity index (χ1n) is 1.86. The third kappa shape index (κ3) is 8.88. The summed E-state index contributed by atoms with van der Waals surface area (Å²) in [5, 5.41) is 3.89. The smallest absolute Gasteiger partial charge is 0.663 e. The molecule has 6 heavy (non-hydrogen) atoms. The van der Waals surface area contributed by atoms with E-state index in [1.807, 2.05) is 7.05 Å². The summed E-state index contributed by atoms with van der Waals surface area (Å²) in [6, 6.07) is 0.509. The minimum Gasteiger partial charge on any atom is -0.663 e. The molecule has 0 rings (SSSR count). The quantitative estimate of drug-likeness (QED) is 0.348. The normalized spacial score (nSPS) is 8.00. The molecule has 0 aromatic heterocycles. The third-order valence-corrected chi connectivity index (χ3v) is 0.516. The molecule has 0 aliphatic rings. The average molecular weight is 95.1 g/mol. The Labute approximate surface area is 61.8 Å². The van der Waals surface area contributed by atoms with Gasteiger partial charge in [0.1, 0.15) is 0 Å². The predicted molar refractivity (Wildman–Crippen MR) is 24.4 cm³/mol. The molecule has 0 amide bonds. The van der Waals surface area contributed by atoms with Gasteiger partial charge in [0, 0.05) is 0 Å². The van der Waals surface area contributed by atoms with Crippen LogP contribution in [0, 0.1) is 0 Å². The van der Waals surface area contributed by atoms with E-state index >= 15 is 0 Å². The summed E-state index contributed by atoms with van der Waals surface area (Å²) >= 11 is 0. The summed E-state index contributed by atoms with van der Waals surface area (Å²) in [6.07, 6.45) is 0. The second-order valence-electron chi connectivity index (χ2n) is 1.35. The summed E-state index contributed by atoms with van der Waals surface area (Å²) in [6.45, 7) is 4.11. The van der Waals surface area contributed by atoms with Crippen LogP contribution >= 0.6 is 0 Å². The third-order valence-electron chi connectivity index (χ3n) is 0.516. The van der Waals surface area contributed by atoms with Crippen molar-refractivity contribution in [2.75, 3.05) is 7.05 Å². The van der Waals surface area contributed by atoms with Gasteiger partial charge in [-0.25, -0.2) is 0 Å². The zero-order chi connectivity index (χ0) is 4.28. The maximum absolute atomic E-state index is 3.89. The molecule has 0 saturated carbocycles. The van der Waals surface area contributed by atoms with E-state index in [-0.39, 0.29) is 29.6 Å². The van der Waals surface area contributed by atoms with Crippen molar-refractivity contribution < 1.29 is 29.6 Å². The van der Waals surface area contributed by atoms with Crippen LogP contribution in [0.25, 0.3) is 5.32 Å². The fraction of sp³-hybridized carbons (Fsp3) is 1.00. The van der Waals surface area contributed by atoms with Crippen molar-refractivity contribution in [3.05, 3.63) is 5.32 Å². The van der Waals surface area contributed by atoms with Crippen LogP contribution in [0.15, 0.2) is 0 Å². The van der Waals surface area contributed by atoms with Crippen molar-refractivity contribution in [1.29, 1.82) is 0 Å². The van der Waals surface area contributed by atoms with Crippen molar-refractivity contribution in [3.63, 3.8) is 0 Å². The number of hydrogen-bond donors (Lipinski definition) is 0. The van der Waals surface area contributed by atoms with Crippen molar-refractivity contribution in [2.24, 2.45) is 0 Å². The Morgan fingerprint density at radius 2 is 1.50 bits per heavy atom. The van der Waals surface area contributed by atoms with Gasteiger partial charge in [-0.3, -0.25) is 0 Å². The van der Waals surface area contributed by atoms with Gasteiger partial charge in [-0.05, 0) is 0 Å². The second-order valence-corrected chi connectivity index (χ2v) is 1.35. The van der Waals surface area contributed by atoms with Crippen LogP contribution in [0.3, 0.4) is 0 Å². The summed E-state index contributed by atoms with van der Waals surface area (Å²) in [4.78, 5) is 0. The monoisotopic (exact) mass is 95.1 g/mol. The first-order valence-corrected chi connectivity index (χ1v) is 1.86. The summed E-state index contributed by atoms with van der Waals surface area (Å²) < 4.78 is 0. The molecule has 0 radical (unpaired) electrons. The van der Waals surface area contributed by atoms with E-state index in [9.17, 15) is 0 Å². The van der Waals surface area contributed by atoms with Gasteiger partial charge < -0.3 is 5.32 Å². The van der Waals surface area contributed by atoms with Crippen molar-refractivity contribution >= 4 is 0 Å². The van der Waals surface area contributed by atoms with Crippen LogP contribution in [-0.4, -0.2) is 13.1 Å². The van der Waals surface area contributed by atoms with E-state index in [4.69, 9.17) is 0 Å². The van der Waals surface area contributed by atoms with Crippen LogP contribution < -0.4 is 29.6 Å². The summed E-state index contributed by atoms with van der Waals surface area (Å²) in [5.74, 6) is 0. The van der Waals surface area contributed by atoms with Crippen LogP contribution in [0.1, 0.15) is 13.8 Å². The molecule has 0 heterocycles. The summed E-state index contributed by atoms with van der Waals surface area (Å²) in [7, 11) is 1.82. The molecule has 0 fully saturated rings. The van der Waals surface area contributed by atoms with Gasteiger partial charge in [0.2, 0.25) is 0 Å². The standard InChI is InChI=1S/C4H10N.Na/c1-4(2)5-3;/h4H,1-3H3;/q-1;+1. The molecule has 0 unspecified atom stereocenters. The molecule has 0 aromatic rings. The molecule has 0 atom stereocenters. The Balaban J connectivity index is 0. The molecular formula is C4H10NNa. The van der Waals surface area contributed by atoms with Crippen LogP contribution in [0.5, 0.6) is 0 Å². The maximum atomic E-state index is 3.89. The molecule has 32 valence electrons. The van der Waals surface area contributed by atoms with Gasteiger partial charge >= 0.3 is 29.6 Å². The van der Waals surface area contributed by atoms with Crippen molar-refractivity contribution in [1.82, 2.24) is 0 Å². The zero-order valence-corrected chi connectivity index (χ0v) is 7.02. The number of rotatable bonds is 1. The minimum atomic E-state index is 0. The van der Waals surface area contributed by atoms with E-state index in [1.165, 1.54) is 0 Å². The molecule has 1 nitrogen and oxygen atoms in total. The average Bonchev–Trinajstić information content (AvgIpc) is 1.38. The van der Waals surface area contributed by atoms with E-state index in [1.54, 1.807) is 0 Å². The van der Waals surface area contributed by atoms with Crippen LogP contribution in [0.2, 0.25) is 0 Å². The van der Waals surface area contributed by atoms with Gasteiger partial charge in [-0.1, -0.05) is 13.8 Å². The van der Waals surface area contributed by atoms with Gasteiger partial charge in [-0.2, -0.15) is 7.05 Å². The zero-order valence-electron chi connectivity index (χ0n) is 5.02. The van der Waals surface area contributed by atoms with Crippen molar-refractivity contribution in [2.45, 2.75) is 19.9 Å². The molecule has 0 bridgehead atoms. The molecule has 0 saturated heterocycles. The second kappa shape index (κ2) is 5.96. The Morgan fingerprint density at radius 1 is 1.33 bits per heavy atom. The molecule has 0 spiro atoms. The minimum absolute atomic E-state index is 0. The number of nitrogens with zero attached hydrogens (tertiary/aromatic N) is 1. The van der Waals surface area contributed by atoms with Crippen LogP contribution in [-0.2, 0) is 0 Å². The van der Waals surface area contributed by atoms with E-state index in [0.29, 0.717) is 6.04 Å². The maximum Gasteiger partial charge on any atom is 1.00 e. The fourth-order valence-corrected chi connectivity index (χ4v) is 0. The molecule has 0 aromatic carbocycles. The molecule has 0 aliphatic heterocycles. The Morgan fingerprint density at radius 3 is 1.50 bits per heavy atom. The SMILES string of the molecule is C[N-]C(C)C.[Na+]. The Kier molecular flexibility index (Phi) is 9.98. The molecular weight excluding hydrogens is 85.0 g/mol. The Bertz CT molecular complexity index is 21.5. The molecule has 2 heteroatoms. The first-order chi connectivity index (χ1) is 2.27. The first kappa shape index (κ1) is 10.0. The molecule has 0 aliphatic carbocycles. The number of hydrogen-bond acceptors (Lipinski definition) is 0. The van der Waals surface area contributed by atoms with Gasteiger partial charge in [0.15, 0.2) is 0 Å². The Hall–Kier alpha value is 0.960. The fourth-order valence-electron chi connectivity index (χ4n) is 0. The van der Waals surface area contributed by atoms with Gasteiger partial charge in [0.25, 0.3) is 0 Å².